The lowest BCUT2D eigenvalue weighted by Gasteiger charge is -2.48. The first kappa shape index (κ1) is 15.6. The summed E-state index contributed by atoms with van der Waals surface area (Å²) in [6, 6.07) is 0. The molecule has 0 N–H and O–H groups in total. The highest BCUT2D eigenvalue weighted by Gasteiger charge is 2.60. The van der Waals surface area contributed by atoms with Gasteiger partial charge in [0.1, 0.15) is 0 Å². The second kappa shape index (κ2) is 4.60. The van der Waals surface area contributed by atoms with Gasteiger partial charge in [0.05, 0.1) is 11.8 Å². The van der Waals surface area contributed by atoms with Crippen molar-refractivity contribution in [2.75, 3.05) is 0 Å². The SMILES string of the molecule is CC1C(C)C(C(F)(F)F)C(C)C(C)C1C(F)(F)F. The molecule has 0 aliphatic heterocycles. The molecule has 1 rings (SSSR count). The molecule has 4 atom stereocenters. The zero-order valence-electron chi connectivity index (χ0n) is 10.7. The van der Waals surface area contributed by atoms with Gasteiger partial charge in [-0.3, -0.25) is 0 Å². The summed E-state index contributed by atoms with van der Waals surface area (Å²) in [6.07, 6.45) is -8.87. The van der Waals surface area contributed by atoms with Crippen molar-refractivity contribution < 1.29 is 26.3 Å². The average Bonchev–Trinajstić information content (AvgIpc) is 2.10. The van der Waals surface area contributed by atoms with E-state index in [1.54, 1.807) is 0 Å². The summed E-state index contributed by atoms with van der Waals surface area (Å²) in [6.45, 7) is 5.13. The minimum Gasteiger partial charge on any atom is -0.171 e. The summed E-state index contributed by atoms with van der Waals surface area (Å²) >= 11 is 0. The molecule has 0 aromatic heterocycles. The number of hydrogen-bond donors (Lipinski definition) is 0. The van der Waals surface area contributed by atoms with Gasteiger partial charge in [-0.05, 0) is 23.7 Å². The predicted octanol–water partition coefficient (Wildman–Crippen LogP) is 4.90. The van der Waals surface area contributed by atoms with E-state index in [9.17, 15) is 26.3 Å². The van der Waals surface area contributed by atoms with E-state index in [-0.39, 0.29) is 0 Å². The van der Waals surface area contributed by atoms with E-state index in [0.29, 0.717) is 0 Å². The Hall–Kier alpha value is -0.420. The maximum atomic E-state index is 12.9. The van der Waals surface area contributed by atoms with Gasteiger partial charge in [-0.25, -0.2) is 0 Å². The van der Waals surface area contributed by atoms with Crippen molar-refractivity contribution in [3.63, 3.8) is 0 Å². The summed E-state index contributed by atoms with van der Waals surface area (Å²) in [5.41, 5.74) is 0. The Kier molecular flexibility index (Phi) is 4.00. The van der Waals surface area contributed by atoms with Crippen molar-refractivity contribution in [2.45, 2.75) is 40.0 Å². The molecule has 0 aromatic rings. The van der Waals surface area contributed by atoms with Crippen molar-refractivity contribution >= 4 is 0 Å². The molecule has 0 nitrogen and oxygen atoms in total. The molecule has 0 amide bonds. The van der Waals surface area contributed by atoms with Crippen molar-refractivity contribution in [1.82, 2.24) is 0 Å². The minimum absolute atomic E-state index is 1.01. The maximum absolute atomic E-state index is 12.9. The van der Waals surface area contributed by atoms with Gasteiger partial charge in [-0.15, -0.1) is 0 Å². The van der Waals surface area contributed by atoms with Crippen LogP contribution in [0.5, 0.6) is 0 Å². The van der Waals surface area contributed by atoms with Crippen molar-refractivity contribution in [3.8, 4) is 0 Å². The second-order valence-electron chi connectivity index (χ2n) is 5.57. The highest BCUT2D eigenvalue weighted by atomic mass is 19.4. The summed E-state index contributed by atoms with van der Waals surface area (Å²) < 4.78 is 77.6. The first-order valence-corrected chi connectivity index (χ1v) is 6.02. The van der Waals surface area contributed by atoms with Crippen LogP contribution in [0.25, 0.3) is 0 Å². The minimum atomic E-state index is -4.43. The van der Waals surface area contributed by atoms with Crippen molar-refractivity contribution in [1.29, 1.82) is 0 Å². The standard InChI is InChI=1S/C12H18F6/c1-5-6(2)10(12(16,17)18)8(4)7(3)9(5)11(13,14)15/h5-10H,1-4H3. The number of halogens is 6. The number of alkyl halides is 6. The van der Waals surface area contributed by atoms with E-state index in [1.165, 1.54) is 27.7 Å². The molecular formula is C12H18F6. The molecule has 0 aromatic carbocycles. The molecule has 1 aliphatic carbocycles. The van der Waals surface area contributed by atoms with Gasteiger partial charge in [0, 0.05) is 0 Å². The molecule has 0 spiro atoms. The van der Waals surface area contributed by atoms with E-state index in [0.717, 1.165) is 0 Å². The van der Waals surface area contributed by atoms with E-state index in [2.05, 4.69) is 0 Å². The Labute approximate surface area is 103 Å². The van der Waals surface area contributed by atoms with Gasteiger partial charge in [0.2, 0.25) is 0 Å². The van der Waals surface area contributed by atoms with Gasteiger partial charge in [0.25, 0.3) is 0 Å². The monoisotopic (exact) mass is 276 g/mol. The molecule has 0 radical (unpaired) electrons. The quantitative estimate of drug-likeness (QED) is 0.552. The van der Waals surface area contributed by atoms with Crippen LogP contribution in [-0.2, 0) is 0 Å². The normalized spacial score (nSPS) is 43.0. The van der Waals surface area contributed by atoms with Gasteiger partial charge < -0.3 is 0 Å². The summed E-state index contributed by atoms with van der Waals surface area (Å²) in [5, 5.41) is 0. The Bertz CT molecular complexity index is 246. The Balaban J connectivity index is 3.11. The Morgan fingerprint density at radius 2 is 0.667 bits per heavy atom. The molecule has 0 heterocycles. The van der Waals surface area contributed by atoms with E-state index >= 15 is 0 Å². The Morgan fingerprint density at radius 1 is 0.500 bits per heavy atom. The van der Waals surface area contributed by atoms with Crippen LogP contribution >= 0.6 is 0 Å². The van der Waals surface area contributed by atoms with Gasteiger partial charge >= 0.3 is 12.4 Å². The summed E-state index contributed by atoms with van der Waals surface area (Å²) in [7, 11) is 0. The van der Waals surface area contributed by atoms with Crippen molar-refractivity contribution in [3.05, 3.63) is 0 Å². The molecular weight excluding hydrogens is 258 g/mol. The lowest BCUT2D eigenvalue weighted by atomic mass is 9.58. The smallest absolute Gasteiger partial charge is 0.171 e. The summed E-state index contributed by atoms with van der Waals surface area (Å²) in [4.78, 5) is 0. The third-order valence-corrected chi connectivity index (χ3v) is 4.68. The van der Waals surface area contributed by atoms with E-state index < -0.39 is 47.9 Å². The molecule has 0 bridgehead atoms. The van der Waals surface area contributed by atoms with Crippen molar-refractivity contribution in [2.24, 2.45) is 35.5 Å². The van der Waals surface area contributed by atoms with Gasteiger partial charge in [-0.1, -0.05) is 27.7 Å². The lowest BCUT2D eigenvalue weighted by molar-refractivity contribution is -0.269. The first-order valence-electron chi connectivity index (χ1n) is 6.02. The van der Waals surface area contributed by atoms with Crippen LogP contribution < -0.4 is 0 Å². The van der Waals surface area contributed by atoms with E-state index in [4.69, 9.17) is 0 Å². The van der Waals surface area contributed by atoms with E-state index in [1.807, 2.05) is 0 Å². The third kappa shape index (κ3) is 2.62. The second-order valence-corrected chi connectivity index (χ2v) is 5.57. The highest BCUT2D eigenvalue weighted by molar-refractivity contribution is 4.95. The van der Waals surface area contributed by atoms with Crippen LogP contribution in [0.4, 0.5) is 26.3 Å². The molecule has 18 heavy (non-hydrogen) atoms. The van der Waals surface area contributed by atoms with Gasteiger partial charge in [-0.2, -0.15) is 26.3 Å². The first-order chi connectivity index (χ1) is 7.89. The largest absolute Gasteiger partial charge is 0.392 e. The van der Waals surface area contributed by atoms with Crippen LogP contribution in [0.1, 0.15) is 27.7 Å². The fourth-order valence-electron chi connectivity index (χ4n) is 3.46. The molecule has 0 saturated heterocycles. The fourth-order valence-corrected chi connectivity index (χ4v) is 3.46. The highest BCUT2D eigenvalue weighted by Crippen LogP contribution is 2.55. The predicted molar refractivity (Wildman–Crippen MR) is 55.7 cm³/mol. The Morgan fingerprint density at radius 3 is 0.778 bits per heavy atom. The zero-order valence-corrected chi connectivity index (χ0v) is 10.7. The summed E-state index contributed by atoms with van der Waals surface area (Å²) in [5.74, 6) is -7.35. The topological polar surface area (TPSA) is 0 Å². The lowest BCUT2D eigenvalue weighted by Crippen LogP contribution is -2.52. The van der Waals surface area contributed by atoms with Crippen LogP contribution in [0, 0.1) is 35.5 Å². The average molecular weight is 276 g/mol. The van der Waals surface area contributed by atoms with Crippen LogP contribution in [0.15, 0.2) is 0 Å². The zero-order chi connectivity index (χ0) is 14.5. The van der Waals surface area contributed by atoms with Gasteiger partial charge in [0.15, 0.2) is 0 Å². The van der Waals surface area contributed by atoms with Crippen LogP contribution in [-0.4, -0.2) is 12.4 Å². The molecule has 108 valence electrons. The molecule has 4 unspecified atom stereocenters. The van der Waals surface area contributed by atoms with Crippen LogP contribution in [0.2, 0.25) is 0 Å². The number of hydrogen-bond acceptors (Lipinski definition) is 0. The molecule has 6 heteroatoms. The molecule has 1 aliphatic rings. The number of rotatable bonds is 0. The fraction of sp³-hybridized carbons (Fsp3) is 1.00. The molecule has 1 fully saturated rings. The maximum Gasteiger partial charge on any atom is 0.392 e. The van der Waals surface area contributed by atoms with Crippen LogP contribution in [0.3, 0.4) is 0 Å². The molecule has 1 saturated carbocycles. The third-order valence-electron chi connectivity index (χ3n) is 4.68.